The molecule has 1 heterocycles. The van der Waals surface area contributed by atoms with Gasteiger partial charge in [0, 0.05) is 10.9 Å². The molecule has 0 aliphatic heterocycles. The number of ether oxygens (including phenoxy) is 1. The largest absolute Gasteiger partial charge is 0.488 e. The molecule has 4 aromatic carbocycles. The Hall–Kier alpha value is -3.04. The average molecular weight is 666 g/mol. The van der Waals surface area contributed by atoms with Crippen LogP contribution in [0.2, 0.25) is 0 Å². The summed E-state index contributed by atoms with van der Waals surface area (Å²) in [5.41, 5.74) is 2.55. The van der Waals surface area contributed by atoms with Crippen molar-refractivity contribution >= 4 is 66.4 Å². The molecule has 0 radical (unpaired) electrons. The van der Waals surface area contributed by atoms with E-state index in [-0.39, 0.29) is 5.56 Å². The number of halogens is 2. The topological polar surface area (TPSA) is 56.5 Å². The third-order valence-electron chi connectivity index (χ3n) is 6.17. The van der Waals surface area contributed by atoms with Crippen LogP contribution >= 0.6 is 38.5 Å². The van der Waals surface area contributed by atoms with E-state index >= 15 is 0 Å². The third-order valence-corrected chi connectivity index (χ3v) is 7.51. The van der Waals surface area contributed by atoms with Crippen LogP contribution < -0.4 is 10.3 Å². The number of hydrogen-bond acceptors (Lipinski definition) is 4. The van der Waals surface area contributed by atoms with E-state index in [2.05, 4.69) is 80.9 Å². The van der Waals surface area contributed by atoms with Gasteiger partial charge in [0.25, 0.3) is 5.56 Å². The molecule has 0 atom stereocenters. The highest BCUT2D eigenvalue weighted by molar-refractivity contribution is 14.1. The quantitative estimate of drug-likeness (QED) is 0.126. The predicted octanol–water partition coefficient (Wildman–Crippen LogP) is 7.72. The van der Waals surface area contributed by atoms with Gasteiger partial charge in [0.15, 0.2) is 0 Å². The maximum Gasteiger partial charge on any atom is 0.282 e. The van der Waals surface area contributed by atoms with E-state index in [0.717, 1.165) is 37.8 Å². The van der Waals surface area contributed by atoms with Crippen molar-refractivity contribution in [2.75, 3.05) is 0 Å². The molecule has 0 bridgehead atoms. The van der Waals surface area contributed by atoms with Gasteiger partial charge in [0.2, 0.25) is 0 Å². The van der Waals surface area contributed by atoms with Crippen LogP contribution in [0.25, 0.3) is 21.7 Å². The third kappa shape index (κ3) is 5.78. The Bertz CT molecular complexity index is 1670. The molecule has 0 saturated heterocycles. The van der Waals surface area contributed by atoms with E-state index in [4.69, 9.17) is 9.72 Å². The van der Waals surface area contributed by atoms with Crippen LogP contribution in [-0.2, 0) is 13.0 Å². The van der Waals surface area contributed by atoms with E-state index in [1.807, 2.05) is 42.5 Å². The molecule has 0 aliphatic carbocycles. The summed E-state index contributed by atoms with van der Waals surface area (Å²) >= 11 is 5.73. The molecule has 0 N–H and O–H groups in total. The van der Waals surface area contributed by atoms with E-state index < -0.39 is 0 Å². The summed E-state index contributed by atoms with van der Waals surface area (Å²) in [5.74, 6) is 1.48. The first-order valence-corrected chi connectivity index (χ1v) is 14.0. The molecule has 5 nitrogen and oxygen atoms in total. The van der Waals surface area contributed by atoms with E-state index in [0.29, 0.717) is 29.8 Å². The van der Waals surface area contributed by atoms with E-state index in [1.54, 1.807) is 12.3 Å². The highest BCUT2D eigenvalue weighted by Gasteiger charge is 2.11. The number of fused-ring (bicyclic) bond motifs is 2. The van der Waals surface area contributed by atoms with Gasteiger partial charge in [0.05, 0.1) is 20.7 Å². The first-order valence-electron chi connectivity index (χ1n) is 12.2. The Morgan fingerprint density at radius 2 is 1.86 bits per heavy atom. The minimum atomic E-state index is -0.168. The van der Waals surface area contributed by atoms with E-state index in [9.17, 15) is 4.79 Å². The zero-order valence-corrected chi connectivity index (χ0v) is 24.1. The SMILES string of the molecule is CCCCc1nc2ccc(Br)cc2c(=O)n1N=Cc1ccc(OCc2cccc3ccccc23)c(I)c1. The number of nitrogens with zero attached hydrogens (tertiary/aromatic N) is 3. The molecule has 0 fully saturated rings. The van der Waals surface area contributed by atoms with Crippen molar-refractivity contribution in [1.29, 1.82) is 0 Å². The molecule has 37 heavy (non-hydrogen) atoms. The molecular weight excluding hydrogens is 641 g/mol. The maximum absolute atomic E-state index is 13.3. The van der Waals surface area contributed by atoms with Crippen molar-refractivity contribution in [3.63, 3.8) is 0 Å². The van der Waals surface area contributed by atoms with Crippen molar-refractivity contribution in [2.24, 2.45) is 5.10 Å². The second-order valence-electron chi connectivity index (χ2n) is 8.77. The van der Waals surface area contributed by atoms with Crippen molar-refractivity contribution < 1.29 is 4.74 Å². The van der Waals surface area contributed by atoms with Gasteiger partial charge >= 0.3 is 0 Å². The molecule has 0 aliphatic rings. The van der Waals surface area contributed by atoms with Gasteiger partial charge in [-0.1, -0.05) is 71.7 Å². The molecule has 5 rings (SSSR count). The second kappa shape index (κ2) is 11.6. The average Bonchev–Trinajstić information content (AvgIpc) is 2.91. The summed E-state index contributed by atoms with van der Waals surface area (Å²) in [4.78, 5) is 18.0. The number of unbranched alkanes of at least 4 members (excludes halogenated alkanes) is 1. The highest BCUT2D eigenvalue weighted by atomic mass is 127. The molecule has 0 spiro atoms. The molecule has 1 aromatic heterocycles. The van der Waals surface area contributed by atoms with Crippen molar-refractivity contribution in [2.45, 2.75) is 32.8 Å². The van der Waals surface area contributed by atoms with Crippen molar-refractivity contribution in [3.8, 4) is 5.75 Å². The Kier molecular flexibility index (Phi) is 8.00. The Balaban J connectivity index is 1.40. The van der Waals surface area contributed by atoms with Crippen LogP contribution in [0, 0.1) is 3.57 Å². The van der Waals surface area contributed by atoms with Crippen LogP contribution in [0.4, 0.5) is 0 Å². The van der Waals surface area contributed by atoms with Gasteiger partial charge in [0.1, 0.15) is 18.2 Å². The normalized spacial score (nSPS) is 11.5. The first-order chi connectivity index (χ1) is 18.0. The number of hydrogen-bond donors (Lipinski definition) is 0. The fourth-order valence-corrected chi connectivity index (χ4v) is 5.28. The summed E-state index contributed by atoms with van der Waals surface area (Å²) in [6.45, 7) is 2.61. The van der Waals surface area contributed by atoms with Crippen LogP contribution in [0.3, 0.4) is 0 Å². The second-order valence-corrected chi connectivity index (χ2v) is 10.8. The Labute approximate surface area is 237 Å². The molecule has 0 amide bonds. The van der Waals surface area contributed by atoms with Crippen molar-refractivity contribution in [1.82, 2.24) is 9.66 Å². The standard InChI is InChI=1S/C30H25BrIN3O2/c1-2-3-11-29-34-27-14-13-23(31)17-25(27)30(36)35(29)33-18-20-12-15-28(26(32)16-20)37-19-22-9-6-8-21-7-4-5-10-24(21)22/h4-10,12-18H,2-3,11,19H2,1H3. The summed E-state index contributed by atoms with van der Waals surface area (Å²) < 4.78 is 9.41. The molecular formula is C30H25BrIN3O2. The monoisotopic (exact) mass is 665 g/mol. The smallest absolute Gasteiger partial charge is 0.282 e. The number of aryl methyl sites for hydroxylation is 1. The highest BCUT2D eigenvalue weighted by Crippen LogP contribution is 2.25. The minimum absolute atomic E-state index is 0.168. The van der Waals surface area contributed by atoms with Crippen LogP contribution in [0.5, 0.6) is 5.75 Å². The van der Waals surface area contributed by atoms with Gasteiger partial charge in [-0.25, -0.2) is 4.98 Å². The Morgan fingerprint density at radius 3 is 2.70 bits per heavy atom. The number of aromatic nitrogens is 2. The lowest BCUT2D eigenvalue weighted by Gasteiger charge is -2.11. The molecule has 186 valence electrons. The molecule has 0 unspecified atom stereocenters. The van der Waals surface area contributed by atoms with Crippen molar-refractivity contribution in [3.05, 3.63) is 114 Å². The fourth-order valence-electron chi connectivity index (χ4n) is 4.22. The van der Waals surface area contributed by atoms with Crippen LogP contribution in [0.15, 0.2) is 93.2 Å². The number of rotatable bonds is 8. The van der Waals surface area contributed by atoms with E-state index in [1.165, 1.54) is 15.4 Å². The zero-order valence-electron chi connectivity index (χ0n) is 20.3. The van der Waals surface area contributed by atoms with Gasteiger partial charge in [-0.15, -0.1) is 0 Å². The summed E-state index contributed by atoms with van der Waals surface area (Å²) in [6.07, 6.45) is 4.34. The maximum atomic E-state index is 13.3. The summed E-state index contributed by atoms with van der Waals surface area (Å²) in [5, 5.41) is 7.51. The Morgan fingerprint density at radius 1 is 1.03 bits per heavy atom. The lowest BCUT2D eigenvalue weighted by Crippen LogP contribution is -2.22. The lowest BCUT2D eigenvalue weighted by atomic mass is 10.1. The molecule has 0 saturated carbocycles. The van der Waals surface area contributed by atoms with Crippen LogP contribution in [0.1, 0.15) is 36.7 Å². The molecule has 5 aromatic rings. The summed E-state index contributed by atoms with van der Waals surface area (Å²) in [7, 11) is 0. The zero-order chi connectivity index (χ0) is 25.8. The predicted molar refractivity (Wildman–Crippen MR) is 163 cm³/mol. The molecule has 7 heteroatoms. The lowest BCUT2D eigenvalue weighted by molar-refractivity contribution is 0.305. The van der Waals surface area contributed by atoms with Gasteiger partial charge in [-0.2, -0.15) is 9.78 Å². The fraction of sp³-hybridized carbons (Fsp3) is 0.167. The van der Waals surface area contributed by atoms with Crippen LogP contribution in [-0.4, -0.2) is 15.9 Å². The first kappa shape index (κ1) is 25.6. The van der Waals surface area contributed by atoms with Gasteiger partial charge < -0.3 is 4.74 Å². The van der Waals surface area contributed by atoms with Gasteiger partial charge in [-0.05, 0) is 87.3 Å². The minimum Gasteiger partial charge on any atom is -0.488 e. The van der Waals surface area contributed by atoms with Gasteiger partial charge in [-0.3, -0.25) is 4.79 Å². The summed E-state index contributed by atoms with van der Waals surface area (Å²) in [6, 6.07) is 26.1. The number of benzene rings is 4.